The maximum Gasteiger partial charge on any atom is 0.435 e. The lowest BCUT2D eigenvalue weighted by Gasteiger charge is -2.40. The van der Waals surface area contributed by atoms with Gasteiger partial charge in [0.05, 0.1) is 34.5 Å². The Kier molecular flexibility index (Phi) is 5.47. The van der Waals surface area contributed by atoms with E-state index in [-0.39, 0.29) is 31.3 Å². The van der Waals surface area contributed by atoms with E-state index in [1.807, 2.05) is 6.92 Å². The molecule has 30 heavy (non-hydrogen) atoms. The van der Waals surface area contributed by atoms with Gasteiger partial charge in [-0.25, -0.2) is 15.0 Å². The molecule has 1 saturated heterocycles. The van der Waals surface area contributed by atoms with Crippen LogP contribution in [-0.2, 0) is 17.6 Å². The topological polar surface area (TPSA) is 91.2 Å². The Bertz CT molecular complexity index is 1080. The maximum atomic E-state index is 13.1. The molecule has 0 spiro atoms. The van der Waals surface area contributed by atoms with Crippen molar-refractivity contribution in [2.24, 2.45) is 5.92 Å². The Balaban J connectivity index is 1.39. The molecule has 1 aliphatic heterocycles. The van der Waals surface area contributed by atoms with Gasteiger partial charge in [-0.05, 0) is 19.1 Å². The van der Waals surface area contributed by atoms with Crippen LogP contribution in [0.25, 0.3) is 10.6 Å². The van der Waals surface area contributed by atoms with Gasteiger partial charge in [0, 0.05) is 24.7 Å². The number of nitrogens with zero attached hydrogens (tertiary/aromatic N) is 4. The Hall–Kier alpha value is -2.57. The maximum absolute atomic E-state index is 13.1. The molecule has 2 N–H and O–H groups in total. The van der Waals surface area contributed by atoms with E-state index in [0.717, 1.165) is 16.8 Å². The number of anilines is 2. The highest BCUT2D eigenvalue weighted by atomic mass is 32.1. The Morgan fingerprint density at radius 1 is 1.37 bits per heavy atom. The van der Waals surface area contributed by atoms with Gasteiger partial charge in [-0.15, -0.1) is 22.7 Å². The molecule has 0 aromatic carbocycles. The predicted octanol–water partition coefficient (Wildman–Crippen LogP) is 3.56. The van der Waals surface area contributed by atoms with E-state index in [2.05, 4.69) is 20.3 Å². The fraction of sp³-hybridized carbons (Fsp3) is 0.333. The second-order valence-corrected chi connectivity index (χ2v) is 8.62. The minimum Gasteiger partial charge on any atom is -0.389 e. The van der Waals surface area contributed by atoms with Crippen LogP contribution >= 0.6 is 22.7 Å². The van der Waals surface area contributed by atoms with Crippen molar-refractivity contribution in [2.45, 2.75) is 19.7 Å². The second-order valence-electron chi connectivity index (χ2n) is 6.68. The van der Waals surface area contributed by atoms with Gasteiger partial charge in [0.15, 0.2) is 10.8 Å². The van der Waals surface area contributed by atoms with E-state index in [1.54, 1.807) is 5.38 Å². The molecule has 0 bridgehead atoms. The van der Waals surface area contributed by atoms with Crippen LogP contribution in [0.3, 0.4) is 0 Å². The summed E-state index contributed by atoms with van der Waals surface area (Å²) in [5.41, 5.74) is 0.436. The molecule has 1 aliphatic rings. The van der Waals surface area contributed by atoms with Crippen molar-refractivity contribution in [3.8, 4) is 10.6 Å². The molecule has 158 valence electrons. The number of alkyl halides is 3. The fourth-order valence-corrected chi connectivity index (χ4v) is 4.78. The summed E-state index contributed by atoms with van der Waals surface area (Å²) in [6.45, 7) is 2.02. The number of thiazole rings is 2. The molecule has 7 nitrogen and oxygen atoms in total. The number of nitrogens with one attached hydrogen (secondary N) is 1. The number of carbonyl (C=O) groups excluding carboxylic acids is 1. The first-order valence-corrected chi connectivity index (χ1v) is 10.6. The van der Waals surface area contributed by atoms with Gasteiger partial charge >= 0.3 is 6.18 Å². The monoisotopic (exact) mass is 455 g/mol. The number of aliphatic hydroxyl groups is 1. The number of aryl methyl sites for hydroxylation is 1. The molecule has 12 heteroatoms. The zero-order valence-electron chi connectivity index (χ0n) is 15.6. The minimum absolute atomic E-state index is 0.0223. The van der Waals surface area contributed by atoms with Crippen molar-refractivity contribution in [2.75, 3.05) is 23.3 Å². The van der Waals surface area contributed by atoms with E-state index in [9.17, 15) is 23.1 Å². The zero-order valence-corrected chi connectivity index (χ0v) is 17.2. The number of aromatic nitrogens is 3. The van der Waals surface area contributed by atoms with Crippen LogP contribution in [0.4, 0.5) is 24.0 Å². The first-order chi connectivity index (χ1) is 14.3. The van der Waals surface area contributed by atoms with Crippen LogP contribution in [-0.4, -0.2) is 39.1 Å². The normalized spacial score (nSPS) is 14.6. The van der Waals surface area contributed by atoms with Crippen LogP contribution in [0.5, 0.6) is 0 Å². The number of hydrogen-bond donors (Lipinski definition) is 2. The van der Waals surface area contributed by atoms with E-state index in [1.165, 1.54) is 39.7 Å². The van der Waals surface area contributed by atoms with Crippen molar-refractivity contribution in [1.82, 2.24) is 15.0 Å². The third-order valence-corrected chi connectivity index (χ3v) is 6.51. The van der Waals surface area contributed by atoms with Gasteiger partial charge in [0.2, 0.25) is 5.91 Å². The zero-order chi connectivity index (χ0) is 21.5. The minimum atomic E-state index is -4.55. The van der Waals surface area contributed by atoms with E-state index in [4.69, 9.17) is 0 Å². The molecule has 1 amide bonds. The van der Waals surface area contributed by atoms with Gasteiger partial charge in [-0.3, -0.25) is 4.79 Å². The van der Waals surface area contributed by atoms with Crippen LogP contribution in [0.1, 0.15) is 16.4 Å². The van der Waals surface area contributed by atoms with E-state index >= 15 is 0 Å². The lowest BCUT2D eigenvalue weighted by atomic mass is 9.98. The molecule has 0 atom stereocenters. The quantitative estimate of drug-likeness (QED) is 0.612. The molecule has 4 heterocycles. The highest BCUT2D eigenvalue weighted by molar-refractivity contribution is 7.17. The molecule has 3 aromatic heterocycles. The average molecular weight is 455 g/mol. The molecule has 3 aromatic rings. The Labute approximate surface area is 177 Å². The lowest BCUT2D eigenvalue weighted by molar-refractivity contribution is -0.140. The molecule has 1 fully saturated rings. The van der Waals surface area contributed by atoms with Gasteiger partial charge in [0.25, 0.3) is 0 Å². The molecular formula is C18H16F3N5O2S2. The summed E-state index contributed by atoms with van der Waals surface area (Å²) in [6.07, 6.45) is -3.45. The largest absolute Gasteiger partial charge is 0.435 e. The molecule has 0 radical (unpaired) electrons. The predicted molar refractivity (Wildman–Crippen MR) is 107 cm³/mol. The van der Waals surface area contributed by atoms with Gasteiger partial charge in [0.1, 0.15) is 5.01 Å². The fourth-order valence-electron chi connectivity index (χ4n) is 3.11. The Morgan fingerprint density at radius 2 is 2.13 bits per heavy atom. The third-order valence-electron chi connectivity index (χ3n) is 4.59. The van der Waals surface area contributed by atoms with Crippen molar-refractivity contribution in [3.05, 3.63) is 40.1 Å². The standard InChI is InChI=1S/C18H16F3N5O2S2/c1-9-14(30-13(7-27)23-9)11-8-29-17(24-11)25-16(28)10-5-26(6-10)12-3-2-4-22-15(12)18(19,20)21/h2-4,8,10,27H,5-7H2,1H3,(H,24,25,28). The number of halogens is 3. The average Bonchev–Trinajstić information content (AvgIpc) is 3.26. The number of amides is 1. The summed E-state index contributed by atoms with van der Waals surface area (Å²) in [5.74, 6) is -0.730. The molecule has 0 saturated carbocycles. The van der Waals surface area contributed by atoms with E-state index < -0.39 is 17.8 Å². The summed E-state index contributed by atoms with van der Waals surface area (Å²) in [6, 6.07) is 2.80. The van der Waals surface area contributed by atoms with Crippen molar-refractivity contribution < 1.29 is 23.1 Å². The Morgan fingerprint density at radius 3 is 2.80 bits per heavy atom. The van der Waals surface area contributed by atoms with E-state index in [0.29, 0.717) is 15.8 Å². The van der Waals surface area contributed by atoms with Crippen molar-refractivity contribution in [1.29, 1.82) is 0 Å². The van der Waals surface area contributed by atoms with Crippen LogP contribution in [0.15, 0.2) is 23.7 Å². The van der Waals surface area contributed by atoms with Gasteiger partial charge in [-0.1, -0.05) is 0 Å². The SMILES string of the molecule is Cc1nc(CO)sc1-c1csc(NC(=O)C2CN(c3cccnc3C(F)(F)F)C2)n1. The summed E-state index contributed by atoms with van der Waals surface area (Å²) < 4.78 is 39.3. The first-order valence-electron chi connectivity index (χ1n) is 8.87. The molecular weight excluding hydrogens is 439 g/mol. The lowest BCUT2D eigenvalue weighted by Crippen LogP contribution is -2.52. The van der Waals surface area contributed by atoms with Gasteiger partial charge in [-0.2, -0.15) is 13.2 Å². The highest BCUT2D eigenvalue weighted by Gasteiger charge is 2.41. The summed E-state index contributed by atoms with van der Waals surface area (Å²) in [7, 11) is 0. The summed E-state index contributed by atoms with van der Waals surface area (Å²) >= 11 is 2.59. The number of rotatable bonds is 5. The van der Waals surface area contributed by atoms with Crippen molar-refractivity contribution in [3.63, 3.8) is 0 Å². The first kappa shape index (κ1) is 20.7. The second kappa shape index (κ2) is 7.93. The van der Waals surface area contributed by atoms with Crippen LogP contribution < -0.4 is 10.2 Å². The third kappa shape index (κ3) is 4.02. The number of hydrogen-bond acceptors (Lipinski definition) is 8. The molecule has 0 aliphatic carbocycles. The van der Waals surface area contributed by atoms with Crippen LogP contribution in [0, 0.1) is 12.8 Å². The summed E-state index contributed by atoms with van der Waals surface area (Å²) in [4.78, 5) is 26.9. The number of carbonyl (C=O) groups is 1. The summed E-state index contributed by atoms with van der Waals surface area (Å²) in [5, 5.41) is 14.7. The molecule has 4 rings (SSSR count). The molecule has 0 unspecified atom stereocenters. The smallest absolute Gasteiger partial charge is 0.389 e. The highest BCUT2D eigenvalue weighted by Crippen LogP contribution is 2.37. The number of pyridine rings is 1. The van der Waals surface area contributed by atoms with Crippen molar-refractivity contribution >= 4 is 39.4 Å². The van der Waals surface area contributed by atoms with Gasteiger partial charge < -0.3 is 15.3 Å². The van der Waals surface area contributed by atoms with Crippen LogP contribution in [0.2, 0.25) is 0 Å². The number of aliphatic hydroxyl groups excluding tert-OH is 1.